The molecule has 1 fully saturated rings. The Morgan fingerprint density at radius 1 is 1.29 bits per heavy atom. The van der Waals surface area contributed by atoms with E-state index in [0.717, 1.165) is 49.5 Å². The standard InChI is InChI=1S/C15H18I3NO2/c1-2-3-15(4-6-19-7-5-15)21-14(20)11-8-10(16)9-12(17)13(11)18/h8-9,19H,2-7H2,1H3/p+1. The average molecular weight is 626 g/mol. The van der Waals surface area contributed by atoms with Crippen molar-refractivity contribution in [2.75, 3.05) is 13.1 Å². The summed E-state index contributed by atoms with van der Waals surface area (Å²) in [6.45, 7) is 4.26. The number of piperidine rings is 1. The Bertz CT molecular complexity index is 522. The molecule has 1 aliphatic rings. The summed E-state index contributed by atoms with van der Waals surface area (Å²) >= 11 is 6.77. The van der Waals surface area contributed by atoms with Crippen LogP contribution in [0.1, 0.15) is 43.0 Å². The van der Waals surface area contributed by atoms with Crippen molar-refractivity contribution in [2.45, 2.75) is 38.2 Å². The lowest BCUT2D eigenvalue weighted by Gasteiger charge is -2.35. The minimum Gasteiger partial charge on any atom is -0.455 e. The Balaban J connectivity index is 2.23. The lowest BCUT2D eigenvalue weighted by Crippen LogP contribution is -2.88. The highest BCUT2D eigenvalue weighted by molar-refractivity contribution is 14.1. The van der Waals surface area contributed by atoms with E-state index in [1.54, 1.807) is 0 Å². The number of carbonyl (C=O) groups is 1. The maximum atomic E-state index is 12.7. The summed E-state index contributed by atoms with van der Waals surface area (Å²) in [5, 5.41) is 2.31. The van der Waals surface area contributed by atoms with Gasteiger partial charge in [0.05, 0.1) is 18.7 Å². The molecule has 116 valence electrons. The molecule has 0 unspecified atom stereocenters. The molecule has 0 aromatic heterocycles. The molecule has 3 nitrogen and oxygen atoms in total. The lowest BCUT2D eigenvalue weighted by molar-refractivity contribution is -0.668. The van der Waals surface area contributed by atoms with Gasteiger partial charge in [0.15, 0.2) is 0 Å². The second-order valence-corrected chi connectivity index (χ2v) is 8.92. The fourth-order valence-corrected chi connectivity index (χ4v) is 5.19. The van der Waals surface area contributed by atoms with Gasteiger partial charge < -0.3 is 10.1 Å². The summed E-state index contributed by atoms with van der Waals surface area (Å²) in [7, 11) is 0. The molecule has 1 aromatic carbocycles. The van der Waals surface area contributed by atoms with Crippen LogP contribution in [0, 0.1) is 10.7 Å². The molecule has 0 spiro atoms. The summed E-state index contributed by atoms with van der Waals surface area (Å²) in [6.07, 6.45) is 3.94. The van der Waals surface area contributed by atoms with E-state index < -0.39 is 0 Å². The van der Waals surface area contributed by atoms with Gasteiger partial charge >= 0.3 is 5.97 Å². The van der Waals surface area contributed by atoms with Crippen LogP contribution in [-0.4, -0.2) is 24.7 Å². The van der Waals surface area contributed by atoms with E-state index in [0.29, 0.717) is 5.56 Å². The van der Waals surface area contributed by atoms with Crippen molar-refractivity contribution in [3.63, 3.8) is 0 Å². The second kappa shape index (κ2) is 8.09. The normalized spacial score (nSPS) is 17.5. The highest BCUT2D eigenvalue weighted by Crippen LogP contribution is 2.30. The smallest absolute Gasteiger partial charge is 0.339 e. The van der Waals surface area contributed by atoms with Crippen molar-refractivity contribution in [1.82, 2.24) is 0 Å². The molecule has 6 heteroatoms. The molecule has 2 N–H and O–H groups in total. The minimum atomic E-state index is -0.254. The molecule has 0 amide bonds. The monoisotopic (exact) mass is 626 g/mol. The van der Waals surface area contributed by atoms with E-state index in [1.165, 1.54) is 0 Å². The number of halogens is 3. The molecule has 0 atom stereocenters. The first-order chi connectivity index (χ1) is 9.97. The summed E-state index contributed by atoms with van der Waals surface area (Å²) in [6, 6.07) is 4.01. The van der Waals surface area contributed by atoms with Crippen LogP contribution in [0.3, 0.4) is 0 Å². The molecular formula is C15H19I3NO2+. The van der Waals surface area contributed by atoms with Crippen molar-refractivity contribution in [1.29, 1.82) is 0 Å². The van der Waals surface area contributed by atoms with Crippen LogP contribution in [0.5, 0.6) is 0 Å². The molecule has 0 radical (unpaired) electrons. The topological polar surface area (TPSA) is 42.9 Å². The Labute approximate surface area is 166 Å². The van der Waals surface area contributed by atoms with Crippen LogP contribution in [0.15, 0.2) is 12.1 Å². The van der Waals surface area contributed by atoms with Crippen LogP contribution in [-0.2, 0) is 4.74 Å². The number of rotatable bonds is 4. The molecule has 1 heterocycles. The average Bonchev–Trinajstić information content (AvgIpc) is 2.43. The maximum Gasteiger partial charge on any atom is 0.339 e. The van der Waals surface area contributed by atoms with Gasteiger partial charge in [-0.3, -0.25) is 0 Å². The number of nitrogens with two attached hydrogens (primary N) is 1. The molecule has 1 saturated heterocycles. The number of hydrogen-bond donors (Lipinski definition) is 1. The highest BCUT2D eigenvalue weighted by Gasteiger charge is 2.37. The SMILES string of the molecule is CCCC1(OC(=O)c2cc(I)cc(I)c2I)CC[NH2+]CC1. The zero-order chi connectivity index (χ0) is 15.5. The van der Waals surface area contributed by atoms with Crippen molar-refractivity contribution < 1.29 is 14.8 Å². The second-order valence-electron chi connectivity index (χ2n) is 5.44. The number of carbonyl (C=O) groups excluding carboxylic acids is 1. The van der Waals surface area contributed by atoms with Crippen molar-refractivity contribution >= 4 is 73.7 Å². The molecule has 1 aliphatic heterocycles. The van der Waals surface area contributed by atoms with Crippen LogP contribution >= 0.6 is 67.8 Å². The van der Waals surface area contributed by atoms with E-state index >= 15 is 0 Å². The van der Waals surface area contributed by atoms with E-state index in [9.17, 15) is 4.79 Å². The molecule has 1 aromatic rings. The van der Waals surface area contributed by atoms with Crippen molar-refractivity contribution in [3.8, 4) is 0 Å². The molecule has 0 bridgehead atoms. The van der Waals surface area contributed by atoms with E-state index in [-0.39, 0.29) is 11.6 Å². The zero-order valence-electron chi connectivity index (χ0n) is 11.9. The summed E-state index contributed by atoms with van der Waals surface area (Å²) in [5.74, 6) is -0.161. The van der Waals surface area contributed by atoms with Crippen molar-refractivity contribution in [2.24, 2.45) is 0 Å². The third-order valence-electron chi connectivity index (χ3n) is 3.84. The zero-order valence-corrected chi connectivity index (χ0v) is 18.4. The molecular weight excluding hydrogens is 607 g/mol. The first-order valence-corrected chi connectivity index (χ1v) is 10.4. The Kier molecular flexibility index (Phi) is 7.01. The van der Waals surface area contributed by atoms with Gasteiger partial charge in [-0.25, -0.2) is 4.79 Å². The van der Waals surface area contributed by atoms with Gasteiger partial charge in [0.25, 0.3) is 0 Å². The number of esters is 1. The van der Waals surface area contributed by atoms with Gasteiger partial charge in [-0.2, -0.15) is 0 Å². The first-order valence-electron chi connectivity index (χ1n) is 7.17. The quantitative estimate of drug-likeness (QED) is 0.316. The van der Waals surface area contributed by atoms with Gasteiger partial charge in [0.1, 0.15) is 5.60 Å². The number of hydrogen-bond acceptors (Lipinski definition) is 2. The third kappa shape index (κ3) is 4.66. The van der Waals surface area contributed by atoms with E-state index in [2.05, 4.69) is 86.1 Å². The van der Waals surface area contributed by atoms with E-state index in [1.807, 2.05) is 6.07 Å². The molecule has 2 rings (SSSR count). The molecule has 0 aliphatic carbocycles. The summed E-state index contributed by atoms with van der Waals surface area (Å²) in [5.41, 5.74) is 0.452. The van der Waals surface area contributed by atoms with Gasteiger partial charge in [-0.05, 0) is 86.3 Å². The summed E-state index contributed by atoms with van der Waals surface area (Å²) < 4.78 is 9.20. The molecule has 0 saturated carbocycles. The fourth-order valence-electron chi connectivity index (χ4n) is 2.81. The third-order valence-corrected chi connectivity index (χ3v) is 7.50. The van der Waals surface area contributed by atoms with Crippen LogP contribution in [0.25, 0.3) is 0 Å². The Morgan fingerprint density at radius 2 is 1.95 bits per heavy atom. The maximum absolute atomic E-state index is 12.7. The fraction of sp³-hybridized carbons (Fsp3) is 0.533. The highest BCUT2D eigenvalue weighted by atomic mass is 127. The van der Waals surface area contributed by atoms with E-state index in [4.69, 9.17) is 4.74 Å². The van der Waals surface area contributed by atoms with Crippen LogP contribution in [0.2, 0.25) is 0 Å². The predicted octanol–water partition coefficient (Wildman–Crippen LogP) is 3.55. The minimum absolute atomic E-state index is 0.161. The van der Waals surface area contributed by atoms with Gasteiger partial charge in [-0.1, -0.05) is 13.3 Å². The largest absolute Gasteiger partial charge is 0.455 e. The van der Waals surface area contributed by atoms with Gasteiger partial charge in [0.2, 0.25) is 0 Å². The number of quaternary nitrogens is 1. The molecule has 21 heavy (non-hydrogen) atoms. The lowest BCUT2D eigenvalue weighted by atomic mass is 9.87. The predicted molar refractivity (Wildman–Crippen MR) is 109 cm³/mol. The van der Waals surface area contributed by atoms with Crippen molar-refractivity contribution in [3.05, 3.63) is 28.4 Å². The van der Waals surface area contributed by atoms with Gasteiger partial charge in [-0.15, -0.1) is 0 Å². The number of ether oxygens (including phenoxy) is 1. The van der Waals surface area contributed by atoms with Crippen LogP contribution in [0.4, 0.5) is 0 Å². The Hall–Kier alpha value is 0.840. The van der Waals surface area contributed by atoms with Gasteiger partial charge in [0, 0.05) is 23.6 Å². The first kappa shape index (κ1) is 18.2. The number of benzene rings is 1. The summed E-state index contributed by atoms with van der Waals surface area (Å²) in [4.78, 5) is 12.7. The van der Waals surface area contributed by atoms with Crippen LogP contribution < -0.4 is 5.32 Å². The Morgan fingerprint density at radius 3 is 2.57 bits per heavy atom.